The molecule has 156 valence electrons. The molecule has 0 radical (unpaired) electrons. The molecule has 2 aromatic heterocycles. The largest absolute Gasteiger partial charge is 0.299 e. The van der Waals surface area contributed by atoms with Crippen LogP contribution in [0, 0.1) is 0 Å². The van der Waals surface area contributed by atoms with Gasteiger partial charge in [0, 0.05) is 30.6 Å². The summed E-state index contributed by atoms with van der Waals surface area (Å²) in [6.45, 7) is 10.2. The third-order valence-electron chi connectivity index (χ3n) is 5.96. The molecule has 3 aromatic rings. The summed E-state index contributed by atoms with van der Waals surface area (Å²) in [4.78, 5) is 22.5. The molecule has 0 saturated carbocycles. The third-order valence-corrected chi connectivity index (χ3v) is 7.12. The van der Waals surface area contributed by atoms with Gasteiger partial charge in [0.2, 0.25) is 0 Å². The zero-order valence-electron chi connectivity index (χ0n) is 17.4. The Morgan fingerprint density at radius 2 is 1.97 bits per heavy atom. The van der Waals surface area contributed by atoms with Gasteiger partial charge in [-0.25, -0.2) is 4.98 Å². The number of nitrogens with zero attached hydrogens (tertiary/aromatic N) is 3. The van der Waals surface area contributed by atoms with Gasteiger partial charge in [-0.1, -0.05) is 42.5 Å². The number of aryl methyl sites for hydroxylation is 3. The Labute approximate surface area is 182 Å². The summed E-state index contributed by atoms with van der Waals surface area (Å²) in [5.41, 5.74) is 2.67. The van der Waals surface area contributed by atoms with Crippen molar-refractivity contribution in [3.05, 3.63) is 88.3 Å². The maximum Gasteiger partial charge on any atom is 0.262 e. The third kappa shape index (κ3) is 4.32. The predicted molar refractivity (Wildman–Crippen MR) is 126 cm³/mol. The molecule has 1 aliphatic rings. The fraction of sp³-hybridized carbons (Fsp3) is 0.360. The molecule has 0 fully saturated rings. The Morgan fingerprint density at radius 3 is 2.70 bits per heavy atom. The Morgan fingerprint density at radius 1 is 1.20 bits per heavy atom. The number of aromatic nitrogens is 2. The molecule has 2 heterocycles. The maximum absolute atomic E-state index is 13.2. The van der Waals surface area contributed by atoms with E-state index < -0.39 is 0 Å². The molecule has 1 aliphatic carbocycles. The fourth-order valence-electron chi connectivity index (χ4n) is 4.46. The van der Waals surface area contributed by atoms with Crippen molar-refractivity contribution >= 4 is 21.6 Å². The van der Waals surface area contributed by atoms with Gasteiger partial charge in [0.05, 0.1) is 11.7 Å². The summed E-state index contributed by atoms with van der Waals surface area (Å²) in [5.74, 6) is 0. The number of benzene rings is 1. The van der Waals surface area contributed by atoms with Crippen molar-refractivity contribution in [2.45, 2.75) is 44.7 Å². The fourth-order valence-corrected chi connectivity index (χ4v) is 5.71. The number of hydrogen-bond donors (Lipinski definition) is 0. The second-order valence-electron chi connectivity index (χ2n) is 7.94. The van der Waals surface area contributed by atoms with Crippen molar-refractivity contribution in [3.63, 3.8) is 0 Å². The van der Waals surface area contributed by atoms with Gasteiger partial charge >= 0.3 is 0 Å². The van der Waals surface area contributed by atoms with Crippen LogP contribution in [0.25, 0.3) is 10.2 Å². The SMILES string of the molecule is C=CCN(CC=C)[C@H]1CCc2c(sc3ncn(CCCc4ccccc4)c(=O)c23)C1. The van der Waals surface area contributed by atoms with E-state index in [1.54, 1.807) is 22.2 Å². The van der Waals surface area contributed by atoms with Crippen molar-refractivity contribution in [1.82, 2.24) is 14.5 Å². The highest BCUT2D eigenvalue weighted by Gasteiger charge is 2.27. The quantitative estimate of drug-likeness (QED) is 0.475. The lowest BCUT2D eigenvalue weighted by atomic mass is 9.92. The molecule has 1 aromatic carbocycles. The molecule has 0 spiro atoms. The topological polar surface area (TPSA) is 38.1 Å². The maximum atomic E-state index is 13.2. The number of thiophene rings is 1. The lowest BCUT2D eigenvalue weighted by molar-refractivity contribution is 0.221. The van der Waals surface area contributed by atoms with Crippen LogP contribution < -0.4 is 5.56 Å². The van der Waals surface area contributed by atoms with Gasteiger partial charge in [-0.2, -0.15) is 0 Å². The smallest absolute Gasteiger partial charge is 0.262 e. The Balaban J connectivity index is 1.53. The van der Waals surface area contributed by atoms with Crippen molar-refractivity contribution in [3.8, 4) is 0 Å². The van der Waals surface area contributed by atoms with E-state index in [2.05, 4.69) is 47.3 Å². The normalized spacial score (nSPS) is 16.0. The lowest BCUT2D eigenvalue weighted by Crippen LogP contribution is -2.39. The highest BCUT2D eigenvalue weighted by atomic mass is 32.1. The van der Waals surface area contributed by atoms with Crippen LogP contribution in [0.3, 0.4) is 0 Å². The van der Waals surface area contributed by atoms with E-state index in [-0.39, 0.29) is 5.56 Å². The minimum atomic E-state index is 0.123. The summed E-state index contributed by atoms with van der Waals surface area (Å²) in [5, 5.41) is 0.856. The van der Waals surface area contributed by atoms with E-state index in [0.717, 1.165) is 55.4 Å². The standard InChI is InChI=1S/C25H29N3OS/c1-3-14-27(15-4-2)20-12-13-21-22(17-20)30-24-23(21)25(29)28(18-26-24)16-8-11-19-9-6-5-7-10-19/h3-7,9-10,18,20H,1-2,8,11-17H2/t20-/m0/s1. The highest BCUT2D eigenvalue weighted by molar-refractivity contribution is 7.18. The van der Waals surface area contributed by atoms with Crippen molar-refractivity contribution in [2.75, 3.05) is 13.1 Å². The number of rotatable bonds is 9. The highest BCUT2D eigenvalue weighted by Crippen LogP contribution is 2.35. The first-order valence-electron chi connectivity index (χ1n) is 10.7. The summed E-state index contributed by atoms with van der Waals surface area (Å²) in [7, 11) is 0. The molecule has 0 bridgehead atoms. The van der Waals surface area contributed by atoms with Crippen LogP contribution in [0.4, 0.5) is 0 Å². The second kappa shape index (κ2) is 9.54. The number of fused-ring (bicyclic) bond motifs is 3. The zero-order chi connectivity index (χ0) is 20.9. The van der Waals surface area contributed by atoms with Crippen LogP contribution in [0.15, 0.2) is 66.8 Å². The predicted octanol–water partition coefficient (Wildman–Crippen LogP) is 4.62. The molecule has 1 atom stereocenters. The van der Waals surface area contributed by atoms with Gasteiger partial charge < -0.3 is 0 Å². The average molecular weight is 420 g/mol. The minimum Gasteiger partial charge on any atom is -0.299 e. The molecule has 5 heteroatoms. The van der Waals surface area contributed by atoms with Gasteiger partial charge in [0.25, 0.3) is 5.56 Å². The van der Waals surface area contributed by atoms with Crippen LogP contribution in [0.5, 0.6) is 0 Å². The van der Waals surface area contributed by atoms with Crippen LogP contribution in [-0.2, 0) is 25.8 Å². The van der Waals surface area contributed by atoms with Gasteiger partial charge in [0.1, 0.15) is 4.83 Å². The molecule has 0 N–H and O–H groups in total. The molecule has 0 unspecified atom stereocenters. The summed E-state index contributed by atoms with van der Waals surface area (Å²) < 4.78 is 1.80. The molecule has 4 rings (SSSR count). The van der Waals surface area contributed by atoms with E-state index in [0.29, 0.717) is 12.6 Å². The van der Waals surface area contributed by atoms with E-state index in [4.69, 9.17) is 0 Å². The summed E-state index contributed by atoms with van der Waals surface area (Å²) in [6.07, 6.45) is 10.5. The van der Waals surface area contributed by atoms with E-state index >= 15 is 0 Å². The lowest BCUT2D eigenvalue weighted by Gasteiger charge is -2.32. The van der Waals surface area contributed by atoms with Crippen molar-refractivity contribution in [2.24, 2.45) is 0 Å². The van der Waals surface area contributed by atoms with Gasteiger partial charge in [-0.05, 0) is 43.2 Å². The zero-order valence-corrected chi connectivity index (χ0v) is 18.2. The Kier molecular flexibility index (Phi) is 6.60. The molecule has 0 amide bonds. The van der Waals surface area contributed by atoms with Gasteiger partial charge in [0.15, 0.2) is 0 Å². The summed E-state index contributed by atoms with van der Waals surface area (Å²) >= 11 is 1.70. The monoisotopic (exact) mass is 419 g/mol. The Hall–Kier alpha value is -2.50. The number of hydrogen-bond acceptors (Lipinski definition) is 4. The molecule has 4 nitrogen and oxygen atoms in total. The van der Waals surface area contributed by atoms with E-state index in [9.17, 15) is 4.79 Å². The van der Waals surface area contributed by atoms with Crippen LogP contribution in [0.1, 0.15) is 28.8 Å². The first-order valence-corrected chi connectivity index (χ1v) is 11.5. The van der Waals surface area contributed by atoms with Gasteiger partial charge in [-0.3, -0.25) is 14.3 Å². The van der Waals surface area contributed by atoms with Crippen LogP contribution in [-0.4, -0.2) is 33.6 Å². The van der Waals surface area contributed by atoms with Crippen LogP contribution in [0.2, 0.25) is 0 Å². The first kappa shape index (κ1) is 20.8. The Bertz CT molecular complexity index is 1070. The average Bonchev–Trinajstić information content (AvgIpc) is 3.14. The minimum absolute atomic E-state index is 0.123. The van der Waals surface area contributed by atoms with Crippen LogP contribution >= 0.6 is 11.3 Å². The van der Waals surface area contributed by atoms with E-state index in [1.807, 2.05) is 18.2 Å². The van der Waals surface area contributed by atoms with Crippen molar-refractivity contribution < 1.29 is 0 Å². The molecular weight excluding hydrogens is 390 g/mol. The second-order valence-corrected chi connectivity index (χ2v) is 9.03. The van der Waals surface area contributed by atoms with Crippen molar-refractivity contribution in [1.29, 1.82) is 0 Å². The molecule has 0 saturated heterocycles. The first-order chi connectivity index (χ1) is 14.7. The molecule has 0 aliphatic heterocycles. The molecule has 30 heavy (non-hydrogen) atoms. The summed E-state index contributed by atoms with van der Waals surface area (Å²) in [6, 6.07) is 10.9. The van der Waals surface area contributed by atoms with E-state index in [1.165, 1.54) is 16.0 Å². The molecular formula is C25H29N3OS. The van der Waals surface area contributed by atoms with Gasteiger partial charge in [-0.15, -0.1) is 24.5 Å².